The van der Waals surface area contributed by atoms with E-state index in [1.54, 1.807) is 35.2 Å². The molecular formula is C20H15N5O3. The molecule has 0 atom stereocenters. The molecular weight excluding hydrogens is 358 g/mol. The zero-order valence-corrected chi connectivity index (χ0v) is 14.6. The Kier molecular flexibility index (Phi) is 4.51. The zero-order chi connectivity index (χ0) is 19.5. The van der Waals surface area contributed by atoms with Crippen molar-refractivity contribution < 1.29 is 4.92 Å². The maximum absolute atomic E-state index is 12.3. The van der Waals surface area contributed by atoms with E-state index in [4.69, 9.17) is 0 Å². The van der Waals surface area contributed by atoms with Gasteiger partial charge in [0, 0.05) is 18.3 Å². The summed E-state index contributed by atoms with van der Waals surface area (Å²) in [6.45, 7) is 0.537. The lowest BCUT2D eigenvalue weighted by Gasteiger charge is -1.99. The van der Waals surface area contributed by atoms with Crippen molar-refractivity contribution in [3.63, 3.8) is 0 Å². The molecule has 8 nitrogen and oxygen atoms in total. The molecule has 2 heterocycles. The van der Waals surface area contributed by atoms with Gasteiger partial charge in [-0.25, -0.2) is 4.98 Å². The first-order valence-electron chi connectivity index (χ1n) is 8.52. The molecule has 0 unspecified atom stereocenters. The van der Waals surface area contributed by atoms with Crippen LogP contribution in [0.15, 0.2) is 65.6 Å². The molecule has 4 rings (SSSR count). The average molecular weight is 373 g/mol. The number of nitro groups is 1. The van der Waals surface area contributed by atoms with Crippen molar-refractivity contribution in [2.45, 2.75) is 6.54 Å². The molecule has 138 valence electrons. The van der Waals surface area contributed by atoms with Gasteiger partial charge >= 0.3 is 0 Å². The Hall–Kier alpha value is -4.07. The van der Waals surface area contributed by atoms with Crippen LogP contribution in [0.25, 0.3) is 23.2 Å². The number of non-ortho nitro benzene ring substituents is 1. The van der Waals surface area contributed by atoms with Crippen LogP contribution < -0.4 is 5.56 Å². The summed E-state index contributed by atoms with van der Waals surface area (Å²) in [5, 5.41) is 15.7. The highest BCUT2D eigenvalue weighted by molar-refractivity contribution is 5.75. The second-order valence-corrected chi connectivity index (χ2v) is 6.19. The van der Waals surface area contributed by atoms with Gasteiger partial charge in [0.2, 0.25) is 0 Å². The van der Waals surface area contributed by atoms with Crippen LogP contribution in [0.3, 0.4) is 0 Å². The lowest BCUT2D eigenvalue weighted by Crippen LogP contribution is -2.08. The molecule has 2 aromatic heterocycles. The number of aromatic nitrogens is 4. The van der Waals surface area contributed by atoms with Crippen LogP contribution in [0, 0.1) is 10.1 Å². The number of H-pyrrole nitrogens is 1. The lowest BCUT2D eigenvalue weighted by molar-refractivity contribution is -0.384. The molecule has 8 heteroatoms. The number of fused-ring (bicyclic) bond motifs is 1. The van der Waals surface area contributed by atoms with Gasteiger partial charge in [0.1, 0.15) is 11.2 Å². The number of nitrogens with one attached hydrogen (secondary N) is 1. The van der Waals surface area contributed by atoms with Crippen LogP contribution in [0.5, 0.6) is 0 Å². The number of hydrogen-bond donors (Lipinski definition) is 1. The number of nitro benzene ring substituents is 1. The molecule has 0 saturated carbocycles. The first kappa shape index (κ1) is 17.3. The molecule has 0 radical (unpaired) electrons. The van der Waals surface area contributed by atoms with Crippen molar-refractivity contribution in [2.24, 2.45) is 0 Å². The van der Waals surface area contributed by atoms with Gasteiger partial charge in [0.15, 0.2) is 5.65 Å². The normalized spacial score (nSPS) is 11.3. The van der Waals surface area contributed by atoms with Gasteiger partial charge < -0.3 is 4.98 Å². The lowest BCUT2D eigenvalue weighted by atomic mass is 10.2. The van der Waals surface area contributed by atoms with E-state index in [0.717, 1.165) is 5.56 Å². The molecule has 0 aliphatic rings. The highest BCUT2D eigenvalue weighted by Crippen LogP contribution is 2.15. The average Bonchev–Trinajstić information content (AvgIpc) is 3.10. The molecule has 0 spiro atoms. The molecule has 2 aromatic carbocycles. The molecule has 0 amide bonds. The summed E-state index contributed by atoms with van der Waals surface area (Å²) in [6.07, 6.45) is 4.91. The Morgan fingerprint density at radius 2 is 1.93 bits per heavy atom. The van der Waals surface area contributed by atoms with Gasteiger partial charge in [-0.3, -0.25) is 19.6 Å². The van der Waals surface area contributed by atoms with E-state index in [-0.39, 0.29) is 11.2 Å². The van der Waals surface area contributed by atoms with Gasteiger partial charge in [0.25, 0.3) is 11.2 Å². The molecule has 0 saturated heterocycles. The van der Waals surface area contributed by atoms with E-state index in [1.165, 1.54) is 12.1 Å². The topological polar surface area (TPSA) is 107 Å². The van der Waals surface area contributed by atoms with E-state index in [1.807, 2.05) is 30.3 Å². The second kappa shape index (κ2) is 7.28. The van der Waals surface area contributed by atoms with E-state index in [0.29, 0.717) is 29.0 Å². The smallest absolute Gasteiger partial charge is 0.270 e. The number of benzene rings is 2. The van der Waals surface area contributed by atoms with E-state index < -0.39 is 4.92 Å². The summed E-state index contributed by atoms with van der Waals surface area (Å²) >= 11 is 0. The third-order valence-corrected chi connectivity index (χ3v) is 4.16. The number of rotatable bonds is 5. The van der Waals surface area contributed by atoms with Crippen molar-refractivity contribution in [1.29, 1.82) is 0 Å². The fourth-order valence-electron chi connectivity index (χ4n) is 2.83. The summed E-state index contributed by atoms with van der Waals surface area (Å²) in [4.78, 5) is 29.8. The van der Waals surface area contributed by atoms with Gasteiger partial charge in [-0.05, 0) is 17.2 Å². The number of nitrogens with zero attached hydrogens (tertiary/aromatic N) is 4. The quantitative estimate of drug-likeness (QED) is 0.427. The third kappa shape index (κ3) is 3.70. The monoisotopic (exact) mass is 373 g/mol. The number of hydrogen-bond acceptors (Lipinski definition) is 5. The van der Waals surface area contributed by atoms with Crippen LogP contribution in [0.4, 0.5) is 5.69 Å². The highest BCUT2D eigenvalue weighted by atomic mass is 16.6. The Balaban J connectivity index is 1.63. The fourth-order valence-corrected chi connectivity index (χ4v) is 2.83. The summed E-state index contributed by atoms with van der Waals surface area (Å²) in [5.41, 5.74) is 1.75. The largest absolute Gasteiger partial charge is 0.306 e. The van der Waals surface area contributed by atoms with E-state index in [9.17, 15) is 14.9 Å². The summed E-state index contributed by atoms with van der Waals surface area (Å²) in [7, 11) is 0. The van der Waals surface area contributed by atoms with Gasteiger partial charge in [-0.15, -0.1) is 0 Å². The summed E-state index contributed by atoms with van der Waals surface area (Å²) < 4.78 is 1.68. The Morgan fingerprint density at radius 1 is 1.11 bits per heavy atom. The van der Waals surface area contributed by atoms with Crippen LogP contribution in [0.1, 0.15) is 17.0 Å². The van der Waals surface area contributed by atoms with E-state index in [2.05, 4.69) is 15.1 Å². The van der Waals surface area contributed by atoms with E-state index >= 15 is 0 Å². The SMILES string of the molecule is O=c1[nH]c(/C=C/c2cccc([N+](=O)[O-])c2)nc2nn(Cc3ccccc3)cc12. The zero-order valence-electron chi connectivity index (χ0n) is 14.6. The minimum absolute atomic E-state index is 0.00119. The fraction of sp³-hybridized carbons (Fsp3) is 0.0500. The summed E-state index contributed by atoms with van der Waals surface area (Å²) in [5.74, 6) is 0.328. The standard InChI is InChI=1S/C20H15N5O3/c26-20-17-13-24(12-15-5-2-1-3-6-15)23-19(17)21-18(22-20)10-9-14-7-4-8-16(11-14)25(27)28/h1-11,13H,12H2,(H,21,22,23,26)/b10-9+. The van der Waals surface area contributed by atoms with Crippen LogP contribution in [0.2, 0.25) is 0 Å². The molecule has 4 aromatic rings. The van der Waals surface area contributed by atoms with Gasteiger partial charge in [-0.1, -0.05) is 48.5 Å². The third-order valence-electron chi connectivity index (χ3n) is 4.16. The van der Waals surface area contributed by atoms with Crippen molar-refractivity contribution in [1.82, 2.24) is 19.7 Å². The van der Waals surface area contributed by atoms with Crippen LogP contribution >= 0.6 is 0 Å². The van der Waals surface area contributed by atoms with Crippen molar-refractivity contribution in [3.05, 3.63) is 98.2 Å². The van der Waals surface area contributed by atoms with Crippen LogP contribution in [-0.4, -0.2) is 24.7 Å². The Bertz CT molecular complexity index is 1240. The Morgan fingerprint density at radius 3 is 2.71 bits per heavy atom. The minimum atomic E-state index is -0.455. The molecule has 0 fully saturated rings. The van der Waals surface area contributed by atoms with Crippen LogP contribution in [-0.2, 0) is 6.54 Å². The molecule has 0 aliphatic carbocycles. The predicted octanol–water partition coefficient (Wildman–Crippen LogP) is 3.25. The maximum Gasteiger partial charge on any atom is 0.270 e. The molecule has 0 bridgehead atoms. The predicted molar refractivity (Wildman–Crippen MR) is 106 cm³/mol. The van der Waals surface area contributed by atoms with Crippen molar-refractivity contribution in [2.75, 3.05) is 0 Å². The van der Waals surface area contributed by atoms with Crippen molar-refractivity contribution >= 4 is 28.9 Å². The van der Waals surface area contributed by atoms with Gasteiger partial charge in [-0.2, -0.15) is 5.10 Å². The minimum Gasteiger partial charge on any atom is -0.306 e. The van der Waals surface area contributed by atoms with Gasteiger partial charge in [0.05, 0.1) is 11.5 Å². The first-order chi connectivity index (χ1) is 13.6. The molecule has 0 aliphatic heterocycles. The van der Waals surface area contributed by atoms with Crippen molar-refractivity contribution in [3.8, 4) is 0 Å². The number of aromatic amines is 1. The molecule has 28 heavy (non-hydrogen) atoms. The molecule has 1 N–H and O–H groups in total. The first-order valence-corrected chi connectivity index (χ1v) is 8.52. The maximum atomic E-state index is 12.3. The highest BCUT2D eigenvalue weighted by Gasteiger charge is 2.08. The summed E-state index contributed by atoms with van der Waals surface area (Å²) in [6, 6.07) is 16.0. The Labute approximate surface area is 158 Å². The second-order valence-electron chi connectivity index (χ2n) is 6.19.